The summed E-state index contributed by atoms with van der Waals surface area (Å²) in [4.78, 5) is 13.5. The summed E-state index contributed by atoms with van der Waals surface area (Å²) in [5, 5.41) is 0.830. The molecular weight excluding hydrogens is 259 g/mol. The largest absolute Gasteiger partial charge is 0.396 e. The highest BCUT2D eigenvalue weighted by Gasteiger charge is 2.30. The number of nitrogen functional groups attached to an aromatic ring is 1. The van der Waals surface area contributed by atoms with E-state index in [9.17, 15) is 4.79 Å². The van der Waals surface area contributed by atoms with Crippen LogP contribution in [0.2, 0.25) is 10.0 Å². The predicted molar refractivity (Wildman–Crippen MR) is 71.5 cm³/mol. The van der Waals surface area contributed by atoms with Gasteiger partial charge in [0.1, 0.15) is 0 Å². The van der Waals surface area contributed by atoms with Crippen LogP contribution in [0, 0.1) is 5.92 Å². The maximum Gasteiger partial charge on any atom is 0.227 e. The molecule has 0 aliphatic carbocycles. The Bertz CT molecular complexity index is 488. The zero-order valence-corrected chi connectivity index (χ0v) is 10.6. The standard InChI is InChI=1S/C12H12Cl2N2O/c1-2-7-3-11(17)16(6-7)10-5-8(13)4-9(14)12(10)15/h2,4-5,7H,1,3,6,15H2. The number of benzene rings is 1. The Morgan fingerprint density at radius 2 is 2.18 bits per heavy atom. The van der Waals surface area contributed by atoms with E-state index in [0.29, 0.717) is 34.4 Å². The second-order valence-corrected chi connectivity index (χ2v) is 4.87. The minimum atomic E-state index is 0.0138. The van der Waals surface area contributed by atoms with Crippen LogP contribution in [0.4, 0.5) is 11.4 Å². The summed E-state index contributed by atoms with van der Waals surface area (Å²) in [6.07, 6.45) is 2.23. The third-order valence-corrected chi connectivity index (χ3v) is 3.38. The summed E-state index contributed by atoms with van der Waals surface area (Å²) in [7, 11) is 0. The fraction of sp³-hybridized carbons (Fsp3) is 0.250. The minimum Gasteiger partial charge on any atom is -0.396 e. The van der Waals surface area contributed by atoms with E-state index < -0.39 is 0 Å². The van der Waals surface area contributed by atoms with Crippen molar-refractivity contribution in [3.8, 4) is 0 Å². The number of halogens is 2. The first kappa shape index (κ1) is 12.3. The summed E-state index contributed by atoms with van der Waals surface area (Å²) in [6.45, 7) is 4.27. The van der Waals surface area contributed by atoms with Gasteiger partial charge in [0.15, 0.2) is 0 Å². The van der Waals surface area contributed by atoms with Gasteiger partial charge in [0.25, 0.3) is 0 Å². The van der Waals surface area contributed by atoms with Gasteiger partial charge in [-0.15, -0.1) is 6.58 Å². The molecule has 0 bridgehead atoms. The normalized spacial score (nSPS) is 19.8. The average Bonchev–Trinajstić information content (AvgIpc) is 2.65. The van der Waals surface area contributed by atoms with Crippen LogP contribution in [0.15, 0.2) is 24.8 Å². The molecule has 1 aliphatic heterocycles. The Morgan fingerprint density at radius 1 is 1.47 bits per heavy atom. The van der Waals surface area contributed by atoms with E-state index in [-0.39, 0.29) is 11.8 Å². The first-order valence-corrected chi connectivity index (χ1v) is 5.96. The van der Waals surface area contributed by atoms with Crippen LogP contribution in [0.1, 0.15) is 6.42 Å². The molecule has 0 aromatic heterocycles. The fourth-order valence-electron chi connectivity index (χ4n) is 1.92. The molecule has 17 heavy (non-hydrogen) atoms. The number of carbonyl (C=O) groups excluding carboxylic acids is 1. The van der Waals surface area contributed by atoms with E-state index in [1.165, 1.54) is 0 Å². The van der Waals surface area contributed by atoms with Crippen LogP contribution < -0.4 is 10.6 Å². The number of amides is 1. The Kier molecular flexibility index (Phi) is 3.31. The molecule has 0 spiro atoms. The van der Waals surface area contributed by atoms with Crippen molar-refractivity contribution in [2.45, 2.75) is 6.42 Å². The summed E-state index contributed by atoms with van der Waals surface area (Å²) in [5.74, 6) is 0.166. The van der Waals surface area contributed by atoms with E-state index in [2.05, 4.69) is 6.58 Å². The van der Waals surface area contributed by atoms with E-state index in [0.717, 1.165) is 0 Å². The Hall–Kier alpha value is -1.19. The lowest BCUT2D eigenvalue weighted by molar-refractivity contribution is -0.117. The maximum atomic E-state index is 11.9. The van der Waals surface area contributed by atoms with Crippen molar-refractivity contribution in [3.05, 3.63) is 34.8 Å². The molecular formula is C12H12Cl2N2O. The van der Waals surface area contributed by atoms with Gasteiger partial charge in [0, 0.05) is 23.9 Å². The maximum absolute atomic E-state index is 11.9. The molecule has 0 saturated carbocycles. The molecule has 1 unspecified atom stereocenters. The molecule has 90 valence electrons. The van der Waals surface area contributed by atoms with E-state index in [4.69, 9.17) is 28.9 Å². The van der Waals surface area contributed by atoms with E-state index in [1.54, 1.807) is 23.1 Å². The minimum absolute atomic E-state index is 0.0138. The fourth-order valence-corrected chi connectivity index (χ4v) is 2.40. The number of rotatable bonds is 2. The molecule has 1 amide bonds. The first-order chi connectivity index (χ1) is 8.02. The molecule has 0 radical (unpaired) electrons. The quantitative estimate of drug-likeness (QED) is 0.663. The van der Waals surface area contributed by atoms with Crippen molar-refractivity contribution in [3.63, 3.8) is 0 Å². The highest BCUT2D eigenvalue weighted by molar-refractivity contribution is 6.37. The van der Waals surface area contributed by atoms with Crippen LogP contribution in [-0.4, -0.2) is 12.5 Å². The van der Waals surface area contributed by atoms with Gasteiger partial charge in [-0.1, -0.05) is 29.3 Å². The number of carbonyl (C=O) groups is 1. The van der Waals surface area contributed by atoms with Crippen LogP contribution in [0.3, 0.4) is 0 Å². The van der Waals surface area contributed by atoms with Crippen LogP contribution in [0.5, 0.6) is 0 Å². The lowest BCUT2D eigenvalue weighted by Crippen LogP contribution is -2.25. The third kappa shape index (κ3) is 2.26. The number of nitrogens with two attached hydrogens (primary N) is 1. The topological polar surface area (TPSA) is 46.3 Å². The number of hydrogen-bond donors (Lipinski definition) is 1. The van der Waals surface area contributed by atoms with Gasteiger partial charge in [0.2, 0.25) is 5.91 Å². The SMILES string of the molecule is C=CC1CC(=O)N(c2cc(Cl)cc(Cl)c2N)C1. The molecule has 3 nitrogen and oxygen atoms in total. The van der Waals surface area contributed by atoms with Crippen LogP contribution in [-0.2, 0) is 4.79 Å². The lowest BCUT2D eigenvalue weighted by atomic mass is 10.1. The zero-order chi connectivity index (χ0) is 12.6. The number of nitrogens with zero attached hydrogens (tertiary/aromatic N) is 1. The van der Waals surface area contributed by atoms with Crippen molar-refractivity contribution >= 4 is 40.5 Å². The van der Waals surface area contributed by atoms with Crippen molar-refractivity contribution in [1.82, 2.24) is 0 Å². The molecule has 2 N–H and O–H groups in total. The smallest absolute Gasteiger partial charge is 0.227 e. The molecule has 1 saturated heterocycles. The number of anilines is 2. The van der Waals surface area contributed by atoms with Crippen molar-refractivity contribution in [1.29, 1.82) is 0 Å². The second kappa shape index (κ2) is 4.59. The molecule has 5 heteroatoms. The molecule has 2 rings (SSSR count). The molecule has 1 atom stereocenters. The van der Waals surface area contributed by atoms with Gasteiger partial charge in [-0.2, -0.15) is 0 Å². The zero-order valence-electron chi connectivity index (χ0n) is 9.12. The number of hydrogen-bond acceptors (Lipinski definition) is 2. The summed E-state index contributed by atoms with van der Waals surface area (Å²) in [6, 6.07) is 3.22. The van der Waals surface area contributed by atoms with E-state index >= 15 is 0 Å². The van der Waals surface area contributed by atoms with Gasteiger partial charge in [-0.3, -0.25) is 4.79 Å². The third-order valence-electron chi connectivity index (χ3n) is 2.85. The van der Waals surface area contributed by atoms with Crippen molar-refractivity contribution in [2.75, 3.05) is 17.2 Å². The molecule has 1 aromatic carbocycles. The summed E-state index contributed by atoms with van der Waals surface area (Å²) in [5.41, 5.74) is 6.83. The first-order valence-electron chi connectivity index (χ1n) is 5.20. The van der Waals surface area contributed by atoms with Gasteiger partial charge in [0.05, 0.1) is 16.4 Å². The van der Waals surface area contributed by atoms with Gasteiger partial charge in [-0.05, 0) is 12.1 Å². The Balaban J connectivity index is 2.41. The molecule has 1 aromatic rings. The van der Waals surface area contributed by atoms with Gasteiger partial charge in [-0.25, -0.2) is 0 Å². The monoisotopic (exact) mass is 270 g/mol. The average molecular weight is 271 g/mol. The van der Waals surface area contributed by atoms with Gasteiger partial charge < -0.3 is 10.6 Å². The molecule has 1 fully saturated rings. The van der Waals surface area contributed by atoms with Crippen LogP contribution in [0.25, 0.3) is 0 Å². The Morgan fingerprint density at radius 3 is 2.76 bits per heavy atom. The summed E-state index contributed by atoms with van der Waals surface area (Å²) < 4.78 is 0. The highest BCUT2D eigenvalue weighted by Crippen LogP contribution is 2.36. The predicted octanol–water partition coefficient (Wildman–Crippen LogP) is 3.11. The highest BCUT2D eigenvalue weighted by atomic mass is 35.5. The van der Waals surface area contributed by atoms with Gasteiger partial charge >= 0.3 is 0 Å². The van der Waals surface area contributed by atoms with Crippen LogP contribution >= 0.6 is 23.2 Å². The summed E-state index contributed by atoms with van der Waals surface area (Å²) >= 11 is 11.9. The molecule has 1 aliphatic rings. The molecule has 1 heterocycles. The van der Waals surface area contributed by atoms with Crippen molar-refractivity contribution < 1.29 is 4.79 Å². The Labute approximate surface area is 110 Å². The van der Waals surface area contributed by atoms with Crippen molar-refractivity contribution in [2.24, 2.45) is 5.92 Å². The second-order valence-electron chi connectivity index (χ2n) is 4.02. The van der Waals surface area contributed by atoms with E-state index in [1.807, 2.05) is 0 Å². The lowest BCUT2D eigenvalue weighted by Gasteiger charge is -2.19.